The average molecular weight is 561 g/mol. The van der Waals surface area contributed by atoms with Gasteiger partial charge in [-0.15, -0.1) is 0 Å². The van der Waals surface area contributed by atoms with Crippen LogP contribution in [0, 0.1) is 29.6 Å². The molecule has 1 aromatic carbocycles. The molecule has 0 spiro atoms. The van der Waals surface area contributed by atoms with E-state index < -0.39 is 36.3 Å². The van der Waals surface area contributed by atoms with E-state index in [9.17, 15) is 24.3 Å². The Morgan fingerprint density at radius 1 is 1.13 bits per heavy atom. The molecule has 2 aromatic rings. The molecule has 0 radical (unpaired) electrons. The first-order valence-corrected chi connectivity index (χ1v) is 14.0. The molecule has 1 aromatic heterocycles. The number of halogens is 2. The smallest absolute Gasteiger partial charge is 0.271 e. The van der Waals surface area contributed by atoms with Crippen LogP contribution < -0.4 is 10.6 Å². The van der Waals surface area contributed by atoms with Crippen molar-refractivity contribution in [3.8, 4) is 0 Å². The lowest BCUT2D eigenvalue weighted by molar-refractivity contribution is -0.133. The molecule has 11 heteroatoms. The van der Waals surface area contributed by atoms with Crippen molar-refractivity contribution >= 4 is 57.6 Å². The molecule has 4 fully saturated rings. The van der Waals surface area contributed by atoms with Crippen molar-refractivity contribution in [2.45, 2.75) is 44.2 Å². The highest BCUT2D eigenvalue weighted by atomic mass is 35.5. The van der Waals surface area contributed by atoms with Crippen molar-refractivity contribution in [1.82, 2.24) is 20.5 Å². The summed E-state index contributed by atoms with van der Waals surface area (Å²) in [5.74, 6) is -0.742. The summed E-state index contributed by atoms with van der Waals surface area (Å²) in [6.07, 6.45) is 3.88. The molecule has 6 rings (SSSR count). The van der Waals surface area contributed by atoms with Gasteiger partial charge in [-0.25, -0.2) is 0 Å². The van der Waals surface area contributed by atoms with Crippen LogP contribution >= 0.6 is 23.2 Å². The van der Waals surface area contributed by atoms with Crippen LogP contribution in [0.3, 0.4) is 0 Å². The standard InChI is InChI=1S/C27H30Cl2N4O5/c28-15-7-18(29)16-9-21(31-19(16)8-15)27(38)33-10-17-12-1-2-13(5-12)23(17)24(33)26(37)32-20(22(35)11-34)6-14-3-4-30-25(14)36/h7-9,12-14,17,20,23-24,31,34H,1-6,10-11H2,(H,30,36)(H,32,37)/t12-,13+,14+,17-,20+,23+,24+/m1/s1. The Labute approximate surface area is 229 Å². The van der Waals surface area contributed by atoms with Crippen molar-refractivity contribution in [2.24, 2.45) is 29.6 Å². The summed E-state index contributed by atoms with van der Waals surface area (Å²) < 4.78 is 0. The van der Waals surface area contributed by atoms with Crippen LogP contribution in [0.1, 0.15) is 42.6 Å². The number of H-pyrrole nitrogens is 1. The zero-order chi connectivity index (χ0) is 26.7. The van der Waals surface area contributed by atoms with E-state index in [0.29, 0.717) is 58.0 Å². The molecule has 38 heavy (non-hydrogen) atoms. The number of fused-ring (bicyclic) bond motifs is 6. The Bertz CT molecular complexity index is 1330. The van der Waals surface area contributed by atoms with Crippen LogP contribution in [0.5, 0.6) is 0 Å². The van der Waals surface area contributed by atoms with Crippen molar-refractivity contribution in [2.75, 3.05) is 19.7 Å². The monoisotopic (exact) mass is 560 g/mol. The van der Waals surface area contributed by atoms with Crippen molar-refractivity contribution in [1.29, 1.82) is 0 Å². The van der Waals surface area contributed by atoms with Crippen LogP contribution in [-0.2, 0) is 14.4 Å². The highest BCUT2D eigenvalue weighted by molar-refractivity contribution is 6.38. The van der Waals surface area contributed by atoms with Crippen LogP contribution in [0.15, 0.2) is 18.2 Å². The highest BCUT2D eigenvalue weighted by Gasteiger charge is 2.59. The molecule has 4 aliphatic rings. The number of nitrogens with zero attached hydrogens (tertiary/aromatic N) is 1. The Morgan fingerprint density at radius 2 is 1.92 bits per heavy atom. The number of hydrogen-bond acceptors (Lipinski definition) is 5. The first kappa shape index (κ1) is 25.6. The summed E-state index contributed by atoms with van der Waals surface area (Å²) in [5, 5.41) is 16.7. The van der Waals surface area contributed by atoms with Gasteiger partial charge in [-0.2, -0.15) is 0 Å². The number of amides is 3. The molecule has 9 nitrogen and oxygen atoms in total. The van der Waals surface area contributed by atoms with Gasteiger partial charge in [0, 0.05) is 34.9 Å². The maximum Gasteiger partial charge on any atom is 0.271 e. The van der Waals surface area contributed by atoms with Crippen molar-refractivity contribution in [3.05, 3.63) is 33.9 Å². The largest absolute Gasteiger partial charge is 0.389 e. The van der Waals surface area contributed by atoms with E-state index in [1.165, 1.54) is 0 Å². The lowest BCUT2D eigenvalue weighted by Gasteiger charge is -2.31. The third kappa shape index (κ3) is 4.28. The molecule has 3 amide bonds. The molecule has 2 bridgehead atoms. The van der Waals surface area contributed by atoms with Crippen LogP contribution in [0.25, 0.3) is 10.9 Å². The average Bonchev–Trinajstić information content (AvgIpc) is 3.69. The Kier molecular flexibility index (Phi) is 6.64. The zero-order valence-corrected chi connectivity index (χ0v) is 22.2. The summed E-state index contributed by atoms with van der Waals surface area (Å²) in [7, 11) is 0. The minimum Gasteiger partial charge on any atom is -0.389 e. The number of nitrogens with one attached hydrogen (secondary N) is 3. The molecule has 2 saturated carbocycles. The number of hydrogen-bond donors (Lipinski definition) is 4. The number of rotatable bonds is 7. The van der Waals surface area contributed by atoms with E-state index in [1.807, 2.05) is 0 Å². The minimum absolute atomic E-state index is 0.0137. The number of aliphatic hydroxyl groups excluding tert-OH is 1. The second-order valence-corrected chi connectivity index (χ2v) is 12.1. The number of aromatic nitrogens is 1. The number of carbonyl (C=O) groups excluding carboxylic acids is 4. The second kappa shape index (κ2) is 9.84. The molecule has 2 saturated heterocycles. The number of benzene rings is 1. The van der Waals surface area contributed by atoms with E-state index in [2.05, 4.69) is 15.6 Å². The zero-order valence-electron chi connectivity index (χ0n) is 20.7. The normalized spacial score (nSPS) is 30.5. The second-order valence-electron chi connectivity index (χ2n) is 11.2. The van der Waals surface area contributed by atoms with E-state index in [1.54, 1.807) is 23.1 Å². The minimum atomic E-state index is -0.995. The number of ketones is 1. The Balaban J connectivity index is 1.29. The predicted octanol–water partition coefficient (Wildman–Crippen LogP) is 2.53. The molecular weight excluding hydrogens is 531 g/mol. The maximum atomic E-state index is 13.9. The first-order valence-electron chi connectivity index (χ1n) is 13.3. The molecule has 4 N–H and O–H groups in total. The van der Waals surface area contributed by atoms with Gasteiger partial charge in [-0.1, -0.05) is 23.2 Å². The Morgan fingerprint density at radius 3 is 2.66 bits per heavy atom. The fourth-order valence-electron chi connectivity index (χ4n) is 7.51. The third-order valence-corrected chi connectivity index (χ3v) is 9.75. The SMILES string of the molecule is O=C1NCC[C@H]1C[C@H](NC(=O)[C@@H]1[C@H]2[C@H]3CC[C@H](C3)[C@H]2CN1C(=O)c1cc2c(Cl)cc(Cl)cc2[nH]1)C(=O)CO. The van der Waals surface area contributed by atoms with Gasteiger partial charge in [0.25, 0.3) is 5.91 Å². The lowest BCUT2D eigenvalue weighted by atomic mass is 9.78. The van der Waals surface area contributed by atoms with Gasteiger partial charge in [-0.3, -0.25) is 19.2 Å². The van der Waals surface area contributed by atoms with Gasteiger partial charge in [0.05, 0.1) is 11.1 Å². The number of aromatic amines is 1. The summed E-state index contributed by atoms with van der Waals surface area (Å²) in [4.78, 5) is 57.2. The van der Waals surface area contributed by atoms with Gasteiger partial charge in [0.1, 0.15) is 18.3 Å². The summed E-state index contributed by atoms with van der Waals surface area (Å²) in [6, 6.07) is 3.27. The Hall–Kier alpha value is -2.62. The van der Waals surface area contributed by atoms with Gasteiger partial charge >= 0.3 is 0 Å². The van der Waals surface area contributed by atoms with Gasteiger partial charge in [0.15, 0.2) is 5.78 Å². The van der Waals surface area contributed by atoms with Crippen molar-refractivity contribution in [3.63, 3.8) is 0 Å². The third-order valence-electron chi connectivity index (χ3n) is 9.22. The molecule has 202 valence electrons. The summed E-state index contributed by atoms with van der Waals surface area (Å²) in [6.45, 7) is 0.257. The molecular formula is C27H30Cl2N4O5. The number of aliphatic hydroxyl groups is 1. The van der Waals surface area contributed by atoms with Crippen LogP contribution in [0.2, 0.25) is 10.0 Å². The van der Waals surface area contributed by atoms with Gasteiger partial charge < -0.3 is 25.6 Å². The van der Waals surface area contributed by atoms with Crippen LogP contribution in [-0.4, -0.2) is 70.3 Å². The first-order chi connectivity index (χ1) is 18.2. The summed E-state index contributed by atoms with van der Waals surface area (Å²) in [5.41, 5.74) is 0.953. The molecule has 3 heterocycles. The van der Waals surface area contributed by atoms with E-state index >= 15 is 0 Å². The predicted molar refractivity (Wildman–Crippen MR) is 141 cm³/mol. The molecule has 7 atom stereocenters. The van der Waals surface area contributed by atoms with Crippen molar-refractivity contribution < 1.29 is 24.3 Å². The fraction of sp³-hybridized carbons (Fsp3) is 0.556. The van der Waals surface area contributed by atoms with E-state index in [0.717, 1.165) is 19.3 Å². The summed E-state index contributed by atoms with van der Waals surface area (Å²) >= 11 is 12.5. The number of Topliss-reactive ketones (excluding diaryl/α,β-unsaturated/α-hetero) is 1. The fourth-order valence-corrected chi connectivity index (χ4v) is 8.06. The van der Waals surface area contributed by atoms with Gasteiger partial charge in [0.2, 0.25) is 11.8 Å². The molecule has 2 aliphatic heterocycles. The highest BCUT2D eigenvalue weighted by Crippen LogP contribution is 2.57. The van der Waals surface area contributed by atoms with E-state index in [-0.39, 0.29) is 30.1 Å². The topological polar surface area (TPSA) is 132 Å². The van der Waals surface area contributed by atoms with E-state index in [4.69, 9.17) is 23.2 Å². The number of carbonyl (C=O) groups is 4. The molecule has 2 aliphatic carbocycles. The number of likely N-dealkylation sites (tertiary alicyclic amines) is 1. The molecule has 0 unspecified atom stereocenters. The van der Waals surface area contributed by atoms with Crippen LogP contribution in [0.4, 0.5) is 0 Å². The quantitative estimate of drug-likeness (QED) is 0.413. The van der Waals surface area contributed by atoms with Gasteiger partial charge in [-0.05, 0) is 74.0 Å². The maximum absolute atomic E-state index is 13.9. The lowest BCUT2D eigenvalue weighted by Crippen LogP contribution is -2.54.